The van der Waals surface area contributed by atoms with E-state index in [2.05, 4.69) is 36.1 Å². The second kappa shape index (κ2) is 10.5. The highest BCUT2D eigenvalue weighted by Crippen LogP contribution is 2.32. The minimum Gasteiger partial charge on any atom is -0.366 e. The lowest BCUT2D eigenvalue weighted by molar-refractivity contribution is -0.137. The minimum atomic E-state index is -4.65. The van der Waals surface area contributed by atoms with Crippen molar-refractivity contribution in [1.29, 1.82) is 0 Å². The van der Waals surface area contributed by atoms with Crippen LogP contribution >= 0.6 is 27.5 Å². The molecule has 0 spiro atoms. The van der Waals surface area contributed by atoms with Gasteiger partial charge in [0.1, 0.15) is 5.82 Å². The number of sulfonamides is 1. The van der Waals surface area contributed by atoms with Crippen LogP contribution in [0.3, 0.4) is 0 Å². The lowest BCUT2D eigenvalue weighted by atomic mass is 10.1. The van der Waals surface area contributed by atoms with E-state index in [1.165, 1.54) is 12.1 Å². The van der Waals surface area contributed by atoms with Gasteiger partial charge in [0, 0.05) is 28.9 Å². The quantitative estimate of drug-likeness (QED) is 0.197. The molecular formula is C26H18BrClF3N5O2S. The van der Waals surface area contributed by atoms with Crippen LogP contribution in [0, 0.1) is 0 Å². The van der Waals surface area contributed by atoms with Crippen LogP contribution in [0.4, 0.5) is 24.7 Å². The standard InChI is InChI=1S/C26H18BrClF3N5O2S/c27-21-15-33-36-24(13-23(34-25(21)36)20-6-1-2-7-22(20)28)32-14-16-8-10-18(11-9-16)35-39(37,38)19-5-3-4-17(12-19)26(29,30)31/h1-13,15,32,35H,14H2. The Labute approximate surface area is 234 Å². The van der Waals surface area contributed by atoms with E-state index >= 15 is 0 Å². The van der Waals surface area contributed by atoms with Gasteiger partial charge in [-0.05, 0) is 57.9 Å². The van der Waals surface area contributed by atoms with E-state index < -0.39 is 26.7 Å². The predicted octanol–water partition coefficient (Wildman–Crippen LogP) is 7.24. The van der Waals surface area contributed by atoms with Crippen LogP contribution in [-0.4, -0.2) is 23.0 Å². The first-order valence-corrected chi connectivity index (χ1v) is 14.0. The Morgan fingerprint density at radius 1 is 0.974 bits per heavy atom. The number of benzene rings is 3. The first kappa shape index (κ1) is 27.0. The fourth-order valence-electron chi connectivity index (χ4n) is 3.81. The molecule has 0 atom stereocenters. The van der Waals surface area contributed by atoms with Crippen molar-refractivity contribution in [2.24, 2.45) is 0 Å². The highest BCUT2D eigenvalue weighted by Gasteiger charge is 2.31. The smallest absolute Gasteiger partial charge is 0.366 e. The van der Waals surface area contributed by atoms with Gasteiger partial charge in [-0.25, -0.2) is 13.4 Å². The van der Waals surface area contributed by atoms with Gasteiger partial charge in [0.25, 0.3) is 10.0 Å². The summed E-state index contributed by atoms with van der Waals surface area (Å²) >= 11 is 9.85. The summed E-state index contributed by atoms with van der Waals surface area (Å²) in [5, 5.41) is 8.22. The van der Waals surface area contributed by atoms with Gasteiger partial charge >= 0.3 is 6.18 Å². The van der Waals surface area contributed by atoms with E-state index in [4.69, 9.17) is 11.6 Å². The number of fused-ring (bicyclic) bond motifs is 1. The van der Waals surface area contributed by atoms with Crippen molar-refractivity contribution in [1.82, 2.24) is 14.6 Å². The Morgan fingerprint density at radius 3 is 2.44 bits per heavy atom. The number of alkyl halides is 3. The summed E-state index contributed by atoms with van der Waals surface area (Å²) in [4.78, 5) is 4.19. The summed E-state index contributed by atoms with van der Waals surface area (Å²) in [6.07, 6.45) is -3.02. The molecule has 3 aromatic carbocycles. The molecule has 0 fully saturated rings. The van der Waals surface area contributed by atoms with Crippen molar-refractivity contribution in [2.75, 3.05) is 10.0 Å². The zero-order valence-electron chi connectivity index (χ0n) is 19.7. The maximum atomic E-state index is 13.0. The average molecular weight is 637 g/mol. The zero-order valence-corrected chi connectivity index (χ0v) is 22.9. The second-order valence-electron chi connectivity index (χ2n) is 8.42. The number of aromatic nitrogens is 3. The van der Waals surface area contributed by atoms with Gasteiger partial charge in [-0.2, -0.15) is 22.8 Å². The van der Waals surface area contributed by atoms with E-state index in [0.29, 0.717) is 39.3 Å². The molecule has 0 saturated carbocycles. The average Bonchev–Trinajstić information content (AvgIpc) is 3.28. The Hall–Kier alpha value is -3.61. The van der Waals surface area contributed by atoms with Crippen LogP contribution in [0.2, 0.25) is 5.02 Å². The minimum absolute atomic E-state index is 0.208. The van der Waals surface area contributed by atoms with Gasteiger partial charge in [0.15, 0.2) is 5.65 Å². The fraction of sp³-hybridized carbons (Fsp3) is 0.0769. The van der Waals surface area contributed by atoms with Crippen molar-refractivity contribution in [2.45, 2.75) is 17.6 Å². The normalized spacial score (nSPS) is 12.0. The van der Waals surface area contributed by atoms with Crippen molar-refractivity contribution in [3.8, 4) is 11.3 Å². The summed E-state index contributed by atoms with van der Waals surface area (Å²) in [5.74, 6) is 0.648. The third-order valence-electron chi connectivity index (χ3n) is 5.73. The third-order valence-corrected chi connectivity index (χ3v) is 8.00. The monoisotopic (exact) mass is 635 g/mol. The molecule has 2 heterocycles. The van der Waals surface area contributed by atoms with E-state index in [1.54, 1.807) is 28.9 Å². The molecule has 2 N–H and O–H groups in total. The molecule has 7 nitrogen and oxygen atoms in total. The number of nitrogens with one attached hydrogen (secondary N) is 2. The van der Waals surface area contributed by atoms with Crippen LogP contribution in [-0.2, 0) is 22.7 Å². The fourth-order valence-corrected chi connectivity index (χ4v) is 5.49. The SMILES string of the molecule is O=S(=O)(Nc1ccc(CNc2cc(-c3ccccc3Cl)nc3c(Br)cnn23)cc1)c1cccc(C(F)(F)F)c1. The summed E-state index contributed by atoms with van der Waals surface area (Å²) in [6, 6.07) is 19.2. The van der Waals surface area contributed by atoms with Crippen LogP contribution < -0.4 is 10.0 Å². The number of hydrogen-bond acceptors (Lipinski definition) is 5. The Bertz CT molecular complexity index is 1780. The summed E-state index contributed by atoms with van der Waals surface area (Å²) in [6.45, 7) is 0.360. The Kier molecular flexibility index (Phi) is 7.27. The maximum Gasteiger partial charge on any atom is 0.416 e. The molecule has 0 aliphatic rings. The molecule has 0 aliphatic heterocycles. The molecular weight excluding hydrogens is 619 g/mol. The van der Waals surface area contributed by atoms with Crippen molar-refractivity contribution in [3.63, 3.8) is 0 Å². The van der Waals surface area contributed by atoms with E-state index in [1.807, 2.05) is 24.3 Å². The number of halogens is 5. The molecule has 0 amide bonds. The van der Waals surface area contributed by atoms with E-state index in [-0.39, 0.29) is 5.69 Å². The molecule has 5 aromatic rings. The van der Waals surface area contributed by atoms with Crippen LogP contribution in [0.15, 0.2) is 94.4 Å². The number of anilines is 2. The zero-order chi connectivity index (χ0) is 27.8. The number of nitrogens with zero attached hydrogens (tertiary/aromatic N) is 3. The molecule has 0 radical (unpaired) electrons. The lowest BCUT2D eigenvalue weighted by Gasteiger charge is -2.13. The number of rotatable bonds is 7. The van der Waals surface area contributed by atoms with Crippen LogP contribution in [0.1, 0.15) is 11.1 Å². The third kappa shape index (κ3) is 5.87. The van der Waals surface area contributed by atoms with Crippen LogP contribution in [0.25, 0.3) is 16.9 Å². The van der Waals surface area contributed by atoms with Crippen molar-refractivity contribution in [3.05, 3.63) is 106 Å². The Morgan fingerprint density at radius 2 is 1.72 bits per heavy atom. The molecule has 0 bridgehead atoms. The van der Waals surface area contributed by atoms with Gasteiger partial charge in [-0.1, -0.05) is 48.0 Å². The topological polar surface area (TPSA) is 88.4 Å². The van der Waals surface area contributed by atoms with Gasteiger partial charge in [-0.15, -0.1) is 0 Å². The Balaban J connectivity index is 1.34. The molecule has 13 heteroatoms. The molecule has 5 rings (SSSR count). The molecule has 0 saturated heterocycles. The molecule has 39 heavy (non-hydrogen) atoms. The summed E-state index contributed by atoms with van der Waals surface area (Å²) < 4.78 is 69.0. The van der Waals surface area contributed by atoms with Gasteiger partial charge < -0.3 is 5.32 Å². The van der Waals surface area contributed by atoms with Gasteiger partial charge in [0.2, 0.25) is 0 Å². The number of hydrogen-bond donors (Lipinski definition) is 2. The summed E-state index contributed by atoms with van der Waals surface area (Å²) in [7, 11) is -4.22. The van der Waals surface area contributed by atoms with Crippen molar-refractivity contribution >= 4 is 54.7 Å². The van der Waals surface area contributed by atoms with Crippen LogP contribution in [0.5, 0.6) is 0 Å². The molecule has 0 aliphatic carbocycles. The molecule has 0 unspecified atom stereocenters. The highest BCUT2D eigenvalue weighted by atomic mass is 79.9. The van der Waals surface area contributed by atoms with E-state index in [0.717, 1.165) is 29.3 Å². The predicted molar refractivity (Wildman–Crippen MR) is 147 cm³/mol. The molecule has 2 aromatic heterocycles. The first-order chi connectivity index (χ1) is 18.5. The second-order valence-corrected chi connectivity index (χ2v) is 11.4. The lowest BCUT2D eigenvalue weighted by Crippen LogP contribution is -2.14. The maximum absolute atomic E-state index is 13.0. The molecule has 200 valence electrons. The van der Waals surface area contributed by atoms with Gasteiger partial charge in [-0.3, -0.25) is 4.72 Å². The van der Waals surface area contributed by atoms with E-state index in [9.17, 15) is 21.6 Å². The first-order valence-electron chi connectivity index (χ1n) is 11.3. The largest absolute Gasteiger partial charge is 0.416 e. The van der Waals surface area contributed by atoms with Crippen molar-refractivity contribution < 1.29 is 21.6 Å². The highest BCUT2D eigenvalue weighted by molar-refractivity contribution is 9.10. The summed E-state index contributed by atoms with van der Waals surface area (Å²) in [5.41, 5.74) is 1.98. The van der Waals surface area contributed by atoms with Gasteiger partial charge in [0.05, 0.1) is 26.8 Å².